The van der Waals surface area contributed by atoms with Gasteiger partial charge in [-0.15, -0.1) is 0 Å². The molecule has 0 bridgehead atoms. The Labute approximate surface area is 190 Å². The van der Waals surface area contributed by atoms with Crippen LogP contribution in [0.3, 0.4) is 0 Å². The number of non-ortho nitro benzene ring substituents is 1. The third-order valence-corrected chi connectivity index (χ3v) is 5.99. The van der Waals surface area contributed by atoms with Gasteiger partial charge in [0.2, 0.25) is 17.7 Å². The second-order valence-electron chi connectivity index (χ2n) is 8.22. The van der Waals surface area contributed by atoms with Gasteiger partial charge in [0.05, 0.1) is 10.8 Å². The van der Waals surface area contributed by atoms with Gasteiger partial charge < -0.3 is 20.0 Å². The Hall–Kier alpha value is -3.95. The second kappa shape index (κ2) is 9.27. The number of amides is 3. The van der Waals surface area contributed by atoms with Gasteiger partial charge in [-0.05, 0) is 36.4 Å². The van der Waals surface area contributed by atoms with Crippen molar-refractivity contribution in [3.63, 3.8) is 0 Å². The fourth-order valence-electron chi connectivity index (χ4n) is 4.28. The van der Waals surface area contributed by atoms with E-state index in [-0.39, 0.29) is 29.8 Å². The highest BCUT2D eigenvalue weighted by Gasteiger charge is 2.38. The number of carbonyl (C=O) groups excluding carboxylic acids is 3. The molecule has 0 aliphatic carbocycles. The lowest BCUT2D eigenvalue weighted by atomic mass is 10.1. The van der Waals surface area contributed by atoms with Gasteiger partial charge in [0.15, 0.2) is 0 Å². The lowest BCUT2D eigenvalue weighted by Gasteiger charge is -2.37. The first kappa shape index (κ1) is 22.3. The Bertz CT molecular complexity index is 1060. The predicted molar refractivity (Wildman–Crippen MR) is 123 cm³/mol. The minimum Gasteiger partial charge on any atom is -0.368 e. The maximum Gasteiger partial charge on any atom is 0.269 e. The summed E-state index contributed by atoms with van der Waals surface area (Å²) in [4.78, 5) is 52.7. The number of benzene rings is 2. The van der Waals surface area contributed by atoms with Crippen LogP contribution in [0.4, 0.5) is 22.7 Å². The van der Waals surface area contributed by atoms with Gasteiger partial charge in [0.25, 0.3) is 5.69 Å². The van der Waals surface area contributed by atoms with Crippen molar-refractivity contribution in [3.05, 3.63) is 58.6 Å². The van der Waals surface area contributed by atoms with Crippen LogP contribution in [0.15, 0.2) is 48.5 Å². The van der Waals surface area contributed by atoms with Gasteiger partial charge in [0.1, 0.15) is 0 Å². The first-order valence-electron chi connectivity index (χ1n) is 10.8. The van der Waals surface area contributed by atoms with Gasteiger partial charge in [0, 0.05) is 75.3 Å². The van der Waals surface area contributed by atoms with E-state index in [9.17, 15) is 24.5 Å². The fraction of sp³-hybridized carbons (Fsp3) is 0.348. The highest BCUT2D eigenvalue weighted by atomic mass is 16.6. The van der Waals surface area contributed by atoms with Gasteiger partial charge in [-0.25, -0.2) is 0 Å². The summed E-state index contributed by atoms with van der Waals surface area (Å²) in [5.41, 5.74) is 2.29. The summed E-state index contributed by atoms with van der Waals surface area (Å²) in [6.07, 6.45) is 0.175. The molecule has 10 heteroatoms. The van der Waals surface area contributed by atoms with Crippen molar-refractivity contribution in [1.29, 1.82) is 0 Å². The SMILES string of the molecule is CC(=O)Nc1ccc(N2CC(C(=O)N3CCN(c4ccc([N+](=O)[O-])cc4)CC3)CC2=O)cc1. The van der Waals surface area contributed by atoms with Crippen molar-refractivity contribution in [2.75, 3.05) is 47.8 Å². The van der Waals surface area contributed by atoms with Crippen molar-refractivity contribution in [2.45, 2.75) is 13.3 Å². The van der Waals surface area contributed by atoms with Crippen LogP contribution in [0.25, 0.3) is 0 Å². The van der Waals surface area contributed by atoms with Crippen LogP contribution < -0.4 is 15.1 Å². The normalized spacial score (nSPS) is 18.4. The quantitative estimate of drug-likeness (QED) is 0.551. The number of nitro benzene ring substituents is 1. The van der Waals surface area contributed by atoms with Crippen molar-refractivity contribution < 1.29 is 19.3 Å². The van der Waals surface area contributed by atoms with Crippen molar-refractivity contribution >= 4 is 40.5 Å². The summed E-state index contributed by atoms with van der Waals surface area (Å²) in [6, 6.07) is 13.4. The minimum atomic E-state index is -0.427. The zero-order valence-electron chi connectivity index (χ0n) is 18.3. The molecule has 2 heterocycles. The lowest BCUT2D eigenvalue weighted by Crippen LogP contribution is -2.50. The molecule has 2 aliphatic heterocycles. The number of nitrogens with one attached hydrogen (secondary N) is 1. The van der Waals surface area contributed by atoms with E-state index in [4.69, 9.17) is 0 Å². The molecule has 1 atom stereocenters. The molecule has 2 aromatic carbocycles. The Morgan fingerprint density at radius 1 is 0.970 bits per heavy atom. The average Bonchev–Trinajstić information content (AvgIpc) is 3.20. The van der Waals surface area contributed by atoms with Crippen molar-refractivity contribution in [2.24, 2.45) is 5.92 Å². The molecule has 0 aromatic heterocycles. The third kappa shape index (κ3) is 4.94. The molecule has 3 amide bonds. The molecule has 33 heavy (non-hydrogen) atoms. The first-order valence-corrected chi connectivity index (χ1v) is 10.8. The summed E-state index contributed by atoms with van der Waals surface area (Å²) < 4.78 is 0. The van der Waals surface area contributed by atoms with Crippen LogP contribution in [-0.4, -0.2) is 60.3 Å². The van der Waals surface area contributed by atoms with Crippen LogP contribution in [0, 0.1) is 16.0 Å². The minimum absolute atomic E-state index is 0.0240. The molecule has 0 radical (unpaired) electrons. The maximum atomic E-state index is 13.1. The van der Waals surface area contributed by atoms with E-state index in [1.165, 1.54) is 19.1 Å². The predicted octanol–water partition coefficient (Wildman–Crippen LogP) is 2.25. The van der Waals surface area contributed by atoms with Crippen molar-refractivity contribution in [3.8, 4) is 0 Å². The number of nitrogens with zero attached hydrogens (tertiary/aromatic N) is 4. The molecule has 1 N–H and O–H groups in total. The van der Waals surface area contributed by atoms with E-state index in [1.54, 1.807) is 46.2 Å². The van der Waals surface area contributed by atoms with E-state index >= 15 is 0 Å². The summed E-state index contributed by atoms with van der Waals surface area (Å²) in [7, 11) is 0. The highest BCUT2D eigenvalue weighted by molar-refractivity contribution is 6.00. The van der Waals surface area contributed by atoms with Gasteiger partial charge >= 0.3 is 0 Å². The van der Waals surface area contributed by atoms with Crippen molar-refractivity contribution in [1.82, 2.24) is 4.90 Å². The number of carbonyl (C=O) groups is 3. The molecule has 2 aromatic rings. The highest BCUT2D eigenvalue weighted by Crippen LogP contribution is 2.28. The number of rotatable bonds is 5. The van der Waals surface area contributed by atoms with Crippen LogP contribution >= 0.6 is 0 Å². The van der Waals surface area contributed by atoms with Crippen LogP contribution in [0.1, 0.15) is 13.3 Å². The lowest BCUT2D eigenvalue weighted by molar-refractivity contribution is -0.384. The van der Waals surface area contributed by atoms with E-state index in [2.05, 4.69) is 10.2 Å². The molecule has 1 unspecified atom stereocenters. The van der Waals surface area contributed by atoms with E-state index in [0.29, 0.717) is 44.1 Å². The molecular formula is C23H25N5O5. The van der Waals surface area contributed by atoms with Gasteiger partial charge in [-0.3, -0.25) is 24.5 Å². The molecule has 0 saturated carbocycles. The number of anilines is 3. The third-order valence-electron chi connectivity index (χ3n) is 5.99. The Kier molecular flexibility index (Phi) is 6.25. The standard InChI is InChI=1S/C23H25N5O5/c1-16(29)24-18-2-4-20(5-3-18)27-15-17(14-22(27)30)23(31)26-12-10-25(11-13-26)19-6-8-21(9-7-19)28(32)33/h2-9,17H,10-15H2,1H3,(H,24,29). The fourth-order valence-corrected chi connectivity index (χ4v) is 4.28. The number of hydrogen-bond donors (Lipinski definition) is 1. The molecule has 2 saturated heterocycles. The number of piperazine rings is 1. The van der Waals surface area contributed by atoms with E-state index < -0.39 is 10.8 Å². The number of nitro groups is 1. The summed E-state index contributed by atoms with van der Waals surface area (Å²) in [5, 5.41) is 13.5. The monoisotopic (exact) mass is 451 g/mol. The Morgan fingerprint density at radius 2 is 1.58 bits per heavy atom. The van der Waals surface area contributed by atoms with Crippen LogP contribution in [0.2, 0.25) is 0 Å². The van der Waals surface area contributed by atoms with E-state index in [1.807, 2.05) is 0 Å². The maximum absolute atomic E-state index is 13.1. The molecule has 2 fully saturated rings. The summed E-state index contributed by atoms with van der Waals surface area (Å²) in [6.45, 7) is 4.08. The smallest absolute Gasteiger partial charge is 0.269 e. The topological polar surface area (TPSA) is 116 Å². The largest absolute Gasteiger partial charge is 0.368 e. The molecule has 172 valence electrons. The van der Waals surface area contributed by atoms with E-state index in [0.717, 1.165) is 5.69 Å². The first-order chi connectivity index (χ1) is 15.8. The molecule has 2 aliphatic rings. The zero-order chi connectivity index (χ0) is 23.5. The molecule has 10 nitrogen and oxygen atoms in total. The summed E-state index contributed by atoms with van der Waals surface area (Å²) in [5.74, 6) is -0.674. The van der Waals surface area contributed by atoms with Gasteiger partial charge in [-0.1, -0.05) is 0 Å². The molecular weight excluding hydrogens is 426 g/mol. The molecule has 0 spiro atoms. The van der Waals surface area contributed by atoms with Crippen LogP contribution in [0.5, 0.6) is 0 Å². The Balaban J connectivity index is 1.33. The zero-order valence-corrected chi connectivity index (χ0v) is 18.3. The molecule has 4 rings (SSSR count). The number of hydrogen-bond acceptors (Lipinski definition) is 6. The second-order valence-corrected chi connectivity index (χ2v) is 8.22. The summed E-state index contributed by atoms with van der Waals surface area (Å²) >= 11 is 0. The van der Waals surface area contributed by atoms with Crippen LogP contribution in [-0.2, 0) is 14.4 Å². The Morgan fingerprint density at radius 3 is 2.15 bits per heavy atom. The average molecular weight is 451 g/mol. The van der Waals surface area contributed by atoms with Gasteiger partial charge in [-0.2, -0.15) is 0 Å².